The molecule has 11 nitrogen and oxygen atoms in total. The van der Waals surface area contributed by atoms with Gasteiger partial charge in [0, 0.05) is 59.5 Å². The Balaban J connectivity index is 0.00000583. The van der Waals surface area contributed by atoms with Crippen LogP contribution in [0.4, 0.5) is 0 Å². The van der Waals surface area contributed by atoms with Gasteiger partial charge in [0.05, 0.1) is 12.4 Å². The van der Waals surface area contributed by atoms with E-state index in [9.17, 15) is 18.4 Å². The molecule has 5 atom stereocenters. The second-order valence-corrected chi connectivity index (χ2v) is 16.8. The monoisotopic (exact) mass is 746 g/mol. The number of hydrogen-bond donors (Lipinski definition) is 1. The summed E-state index contributed by atoms with van der Waals surface area (Å²) in [6.07, 6.45) is 18.2. The van der Waals surface area contributed by atoms with Crippen molar-refractivity contribution in [3.05, 3.63) is 67.3 Å². The van der Waals surface area contributed by atoms with Crippen LogP contribution in [0.3, 0.4) is 0 Å². The molecule has 0 aliphatic carbocycles. The molecule has 2 aromatic heterocycles. The topological polar surface area (TPSA) is 119 Å². The van der Waals surface area contributed by atoms with Crippen molar-refractivity contribution in [3.8, 4) is 0 Å². The average molecular weight is 747 g/mol. The Morgan fingerprint density at radius 3 is 2.31 bits per heavy atom. The summed E-state index contributed by atoms with van der Waals surface area (Å²) in [6.45, 7) is 14.3. The predicted molar refractivity (Wildman–Crippen MR) is 193 cm³/mol. The Morgan fingerprint density at radius 1 is 1.06 bits per heavy atom. The fraction of sp³-hybridized carbons (Fsp3) is 0.632. The van der Waals surface area contributed by atoms with Crippen LogP contribution in [0.25, 0.3) is 0 Å². The number of carbonyl (C=O) groups excluding carboxylic acids is 2. The number of likely N-dealkylation sites (tertiary alicyclic amines) is 2. The molecule has 0 bridgehead atoms. The van der Waals surface area contributed by atoms with Gasteiger partial charge < -0.3 is 19.3 Å². The van der Waals surface area contributed by atoms with Gasteiger partial charge in [-0.05, 0) is 121 Å². The zero-order valence-corrected chi connectivity index (χ0v) is 35.9. The van der Waals surface area contributed by atoms with Crippen LogP contribution in [-0.2, 0) is 27.2 Å². The first-order valence-electron chi connectivity index (χ1n) is 18.2. The number of nitrogens with zero attached hydrogens (tertiary/aromatic N) is 6. The maximum Gasteiger partial charge on any atom is 1.00 e. The number of carbonyl (C=O) groups is 2. The summed E-state index contributed by atoms with van der Waals surface area (Å²) in [5.41, 5.74) is 1.04. The third-order valence-electron chi connectivity index (χ3n) is 11.5. The molecular weight excluding hydrogens is 690 g/mol. The molecule has 0 radical (unpaired) electrons. The van der Waals surface area contributed by atoms with Crippen LogP contribution in [0.15, 0.2) is 66.6 Å². The molecular formula is C38H57KN7O4S+. The van der Waals surface area contributed by atoms with Gasteiger partial charge in [-0.15, -0.1) is 0 Å². The largest absolute Gasteiger partial charge is 1.00 e. The minimum Gasteiger partial charge on any atom is -0.768 e. The molecule has 3 aromatic rings. The molecule has 4 heterocycles. The van der Waals surface area contributed by atoms with E-state index in [0.717, 1.165) is 57.1 Å². The first-order valence-corrected chi connectivity index (χ1v) is 19.3. The molecule has 2 aliphatic rings. The van der Waals surface area contributed by atoms with Crippen molar-refractivity contribution in [1.82, 2.24) is 29.2 Å². The molecule has 274 valence electrons. The Morgan fingerprint density at radius 2 is 1.75 bits per heavy atom. The van der Waals surface area contributed by atoms with Gasteiger partial charge in [-0.25, -0.2) is 14.1 Å². The van der Waals surface area contributed by atoms with E-state index >= 15 is 0 Å². The summed E-state index contributed by atoms with van der Waals surface area (Å²) in [4.78, 5) is 35.4. The van der Waals surface area contributed by atoms with Gasteiger partial charge in [-0.2, -0.15) is 0 Å². The van der Waals surface area contributed by atoms with E-state index in [2.05, 4.69) is 77.8 Å². The second kappa shape index (κ2) is 18.1. The van der Waals surface area contributed by atoms with Crippen LogP contribution in [0.2, 0.25) is 0 Å². The molecule has 5 rings (SSSR count). The first kappa shape index (κ1) is 42.0. The average Bonchev–Trinajstić information content (AvgIpc) is 3.84. The number of benzene rings is 1. The minimum absolute atomic E-state index is 0. The standard InChI is InChI=1S/C38H57N7O4S.K/c1-8-32(43-17-15-39-26-43)22-33(45-16-9-10-36(45)47)21-30(29-11-13-34(14-12-29)50(48)49)20-28(2)44-19-18-42(27-44)25-35(46)40-31-23-37(3,4)41(7)38(5,6)24-31;/h11-15,17-19,26-28,30-33H,8-10,16,20-25H2,1-7H3,(H-,40,46,48,49);/q;+1. The van der Waals surface area contributed by atoms with Crippen LogP contribution in [0.5, 0.6) is 0 Å². The first-order chi connectivity index (χ1) is 23.7. The molecule has 2 aliphatic heterocycles. The van der Waals surface area contributed by atoms with Crippen molar-refractivity contribution in [2.24, 2.45) is 0 Å². The van der Waals surface area contributed by atoms with Gasteiger partial charge in [0.1, 0.15) is 12.4 Å². The number of piperidine rings is 1. The third kappa shape index (κ3) is 10.7. The second-order valence-electron chi connectivity index (χ2n) is 15.9. The van der Waals surface area contributed by atoms with E-state index < -0.39 is 11.1 Å². The number of aromatic nitrogens is 4. The number of rotatable bonds is 15. The molecule has 13 heteroatoms. The quantitative estimate of drug-likeness (QED) is 0.145. The van der Waals surface area contributed by atoms with E-state index in [1.807, 2.05) is 47.9 Å². The molecule has 0 saturated carbocycles. The number of imidazole rings is 2. The van der Waals surface area contributed by atoms with E-state index in [1.54, 1.807) is 18.3 Å². The SMILES string of the molecule is CCC(CC(CC(CC(C)n1cc[n+](CC(=O)NC2CC(C)(C)N(C)C(C)(C)C2)c1)c1ccc(S(=O)[O-])cc1)N1CCCC1=O)n1ccnc1.[K+]. The fourth-order valence-electron chi connectivity index (χ4n) is 8.46. The summed E-state index contributed by atoms with van der Waals surface area (Å²) < 4.78 is 29.6. The molecule has 5 unspecified atom stereocenters. The van der Waals surface area contributed by atoms with Crippen molar-refractivity contribution in [1.29, 1.82) is 0 Å². The molecule has 1 N–H and O–H groups in total. The van der Waals surface area contributed by atoms with Crippen molar-refractivity contribution in [2.75, 3.05) is 13.6 Å². The van der Waals surface area contributed by atoms with Crippen LogP contribution in [0.1, 0.15) is 116 Å². The van der Waals surface area contributed by atoms with Gasteiger partial charge in [-0.3, -0.25) is 18.7 Å². The van der Waals surface area contributed by atoms with Crippen molar-refractivity contribution in [2.45, 2.75) is 146 Å². The Hall–Kier alpha value is -1.71. The van der Waals surface area contributed by atoms with E-state index in [1.165, 1.54) is 0 Å². The molecule has 2 amide bonds. The Bertz CT molecular complexity index is 1590. The minimum atomic E-state index is -2.30. The maximum absolute atomic E-state index is 13.2. The fourth-order valence-corrected chi connectivity index (χ4v) is 8.82. The van der Waals surface area contributed by atoms with E-state index in [4.69, 9.17) is 0 Å². The number of amides is 2. The van der Waals surface area contributed by atoms with Gasteiger partial charge in [-0.1, -0.05) is 19.1 Å². The molecule has 2 fully saturated rings. The van der Waals surface area contributed by atoms with Crippen molar-refractivity contribution >= 4 is 22.9 Å². The number of hydrogen-bond acceptors (Lipinski definition) is 6. The third-order valence-corrected chi connectivity index (χ3v) is 12.1. The molecule has 51 heavy (non-hydrogen) atoms. The smallest absolute Gasteiger partial charge is 0.768 e. The Kier molecular flexibility index (Phi) is 14.9. The van der Waals surface area contributed by atoms with Crippen LogP contribution < -0.4 is 61.3 Å². The Labute approximate surface area is 349 Å². The maximum atomic E-state index is 13.2. The van der Waals surface area contributed by atoms with Crippen molar-refractivity contribution in [3.63, 3.8) is 0 Å². The molecule has 0 spiro atoms. The van der Waals surface area contributed by atoms with Crippen LogP contribution >= 0.6 is 0 Å². The summed E-state index contributed by atoms with van der Waals surface area (Å²) in [5, 5.41) is 3.31. The van der Waals surface area contributed by atoms with Gasteiger partial charge in [0.15, 0.2) is 6.54 Å². The summed E-state index contributed by atoms with van der Waals surface area (Å²) in [5.74, 6) is 0.279. The molecule has 1 aromatic carbocycles. The molecule has 2 saturated heterocycles. The van der Waals surface area contributed by atoms with Gasteiger partial charge >= 0.3 is 51.4 Å². The van der Waals surface area contributed by atoms with E-state index in [0.29, 0.717) is 6.42 Å². The normalized spacial score (nSPS) is 20.7. The summed E-state index contributed by atoms with van der Waals surface area (Å²) in [7, 11) is 2.17. The van der Waals surface area contributed by atoms with Gasteiger partial charge in [0.25, 0.3) is 5.91 Å². The van der Waals surface area contributed by atoms with Crippen LogP contribution in [-0.4, -0.2) is 81.2 Å². The zero-order chi connectivity index (χ0) is 36.2. The van der Waals surface area contributed by atoms with Crippen molar-refractivity contribution < 1.29 is 74.3 Å². The van der Waals surface area contributed by atoms with Gasteiger partial charge in [0.2, 0.25) is 12.2 Å². The summed E-state index contributed by atoms with van der Waals surface area (Å²) in [6, 6.07) is 7.61. The summed E-state index contributed by atoms with van der Waals surface area (Å²) >= 11 is -2.30. The predicted octanol–water partition coefficient (Wildman–Crippen LogP) is 2.14. The van der Waals surface area contributed by atoms with Crippen LogP contribution in [0, 0.1) is 0 Å². The van der Waals surface area contributed by atoms with E-state index in [-0.39, 0.29) is 116 Å². The zero-order valence-electron chi connectivity index (χ0n) is 32.0. The number of nitrogens with one attached hydrogen (secondary N) is 1.